The summed E-state index contributed by atoms with van der Waals surface area (Å²) in [5.41, 5.74) is 13.6. The molecule has 0 radical (unpaired) electrons. The average Bonchev–Trinajstić information content (AvgIpc) is 2.87. The molecule has 0 unspecified atom stereocenters. The molecule has 8 heteroatoms. The molecule has 0 aliphatic rings. The largest absolute Gasteiger partial charge is 0.382 e. The average molecular weight is 425 g/mol. The van der Waals surface area contributed by atoms with E-state index in [1.807, 2.05) is 30.3 Å². The summed E-state index contributed by atoms with van der Waals surface area (Å²) in [6.45, 7) is 0.659. The number of halogens is 1. The second kappa shape index (κ2) is 8.99. The summed E-state index contributed by atoms with van der Waals surface area (Å²) in [6.07, 6.45) is 1.41. The lowest BCUT2D eigenvalue weighted by Crippen LogP contribution is -2.32. The van der Waals surface area contributed by atoms with Crippen LogP contribution in [0.1, 0.15) is 17.7 Å². The molecule has 0 amide bonds. The topological polar surface area (TPSA) is 118 Å². The van der Waals surface area contributed by atoms with Crippen LogP contribution in [0.3, 0.4) is 0 Å². The second-order valence-electron chi connectivity index (χ2n) is 4.71. The number of aryl methyl sites for hydroxylation is 1. The van der Waals surface area contributed by atoms with Gasteiger partial charge in [0.1, 0.15) is 17.5 Å². The molecule has 2 rings (SSSR count). The van der Waals surface area contributed by atoms with Gasteiger partial charge in [0.2, 0.25) is 0 Å². The predicted octanol–water partition coefficient (Wildman–Crippen LogP) is 1.41. The maximum absolute atomic E-state index is 9.30. The zero-order chi connectivity index (χ0) is 15.9. The summed E-state index contributed by atoms with van der Waals surface area (Å²) >= 11 is 0. The van der Waals surface area contributed by atoms with Gasteiger partial charge in [0.15, 0.2) is 5.96 Å². The van der Waals surface area contributed by atoms with Crippen molar-refractivity contribution in [3.63, 3.8) is 0 Å². The Bertz CT molecular complexity index is 701. The van der Waals surface area contributed by atoms with Gasteiger partial charge < -0.3 is 16.8 Å². The van der Waals surface area contributed by atoms with Gasteiger partial charge in [-0.3, -0.25) is 4.99 Å². The molecule has 0 fully saturated rings. The van der Waals surface area contributed by atoms with Gasteiger partial charge in [-0.2, -0.15) is 10.4 Å². The van der Waals surface area contributed by atoms with E-state index in [-0.39, 0.29) is 24.0 Å². The molecular formula is C15H20IN7. The van der Waals surface area contributed by atoms with E-state index < -0.39 is 0 Å². The molecule has 1 aromatic carbocycles. The number of benzene rings is 1. The van der Waals surface area contributed by atoms with Crippen LogP contribution < -0.4 is 16.8 Å². The third kappa shape index (κ3) is 4.59. The fraction of sp³-hybridized carbons (Fsp3) is 0.267. The summed E-state index contributed by atoms with van der Waals surface area (Å²) in [7, 11) is 1.62. The van der Waals surface area contributed by atoms with Crippen LogP contribution in [0.2, 0.25) is 0 Å². The zero-order valence-corrected chi connectivity index (χ0v) is 15.2. The Morgan fingerprint density at radius 1 is 1.39 bits per heavy atom. The quantitative estimate of drug-likeness (QED) is 0.290. The van der Waals surface area contributed by atoms with E-state index in [9.17, 15) is 5.26 Å². The van der Waals surface area contributed by atoms with Crippen LogP contribution in [0.4, 0.5) is 5.82 Å². The molecular weight excluding hydrogens is 405 g/mol. The standard InChI is InChI=1S/C15H19N7.HI/c1-19-15(18)20-9-5-8-13-12(10-16)14(17)22(21-13)11-6-3-2-4-7-11;/h2-4,6-7H,5,8-9,17H2,1H3,(H3,18,19,20);1H. The first-order valence-electron chi connectivity index (χ1n) is 6.96. The fourth-order valence-electron chi connectivity index (χ4n) is 2.09. The molecule has 23 heavy (non-hydrogen) atoms. The number of nitriles is 1. The van der Waals surface area contributed by atoms with E-state index in [0.29, 0.717) is 36.0 Å². The number of aliphatic imine (C=N–C) groups is 1. The van der Waals surface area contributed by atoms with Crippen LogP contribution in [-0.4, -0.2) is 29.3 Å². The van der Waals surface area contributed by atoms with Crippen molar-refractivity contribution in [3.8, 4) is 11.8 Å². The number of nitrogens with zero attached hydrogens (tertiary/aromatic N) is 4. The molecule has 1 aromatic heterocycles. The van der Waals surface area contributed by atoms with Gasteiger partial charge in [-0.1, -0.05) is 18.2 Å². The highest BCUT2D eigenvalue weighted by Crippen LogP contribution is 2.21. The Morgan fingerprint density at radius 2 is 2.09 bits per heavy atom. The monoisotopic (exact) mass is 425 g/mol. The minimum absolute atomic E-state index is 0. The molecule has 7 nitrogen and oxygen atoms in total. The van der Waals surface area contributed by atoms with Gasteiger partial charge in [-0.15, -0.1) is 24.0 Å². The Kier molecular flexibility index (Phi) is 7.34. The first-order valence-corrected chi connectivity index (χ1v) is 6.96. The minimum atomic E-state index is 0. The number of nitrogens with two attached hydrogens (primary N) is 2. The molecule has 0 bridgehead atoms. The van der Waals surface area contributed by atoms with Crippen molar-refractivity contribution in [2.45, 2.75) is 12.8 Å². The van der Waals surface area contributed by atoms with Crippen molar-refractivity contribution >= 4 is 35.8 Å². The third-order valence-corrected chi connectivity index (χ3v) is 3.24. The molecule has 0 saturated carbocycles. The van der Waals surface area contributed by atoms with Gasteiger partial charge in [-0.05, 0) is 25.0 Å². The number of para-hydroxylation sites is 1. The Labute approximate surface area is 152 Å². The lowest BCUT2D eigenvalue weighted by Gasteiger charge is -2.03. The Hall–Kier alpha value is -2.28. The van der Waals surface area contributed by atoms with Crippen molar-refractivity contribution in [1.29, 1.82) is 5.26 Å². The van der Waals surface area contributed by atoms with Crippen LogP contribution in [-0.2, 0) is 6.42 Å². The van der Waals surface area contributed by atoms with Gasteiger partial charge in [-0.25, -0.2) is 4.68 Å². The summed E-state index contributed by atoms with van der Waals surface area (Å²) in [6, 6.07) is 11.7. The summed E-state index contributed by atoms with van der Waals surface area (Å²) in [5.74, 6) is 0.765. The molecule has 0 aliphatic heterocycles. The highest BCUT2D eigenvalue weighted by Gasteiger charge is 2.15. The normalized spacial score (nSPS) is 10.7. The zero-order valence-electron chi connectivity index (χ0n) is 12.9. The van der Waals surface area contributed by atoms with E-state index in [2.05, 4.69) is 21.5 Å². The SMILES string of the molecule is CN=C(N)NCCCc1nn(-c2ccccc2)c(N)c1C#N.I. The molecule has 0 aliphatic carbocycles. The van der Waals surface area contributed by atoms with Crippen molar-refractivity contribution in [2.24, 2.45) is 10.7 Å². The smallest absolute Gasteiger partial charge is 0.188 e. The van der Waals surface area contributed by atoms with E-state index >= 15 is 0 Å². The number of hydrogen-bond donors (Lipinski definition) is 3. The predicted molar refractivity (Wildman–Crippen MR) is 102 cm³/mol. The first-order chi connectivity index (χ1) is 10.7. The third-order valence-electron chi connectivity index (χ3n) is 3.24. The lowest BCUT2D eigenvalue weighted by atomic mass is 10.1. The van der Waals surface area contributed by atoms with E-state index in [1.165, 1.54) is 0 Å². The van der Waals surface area contributed by atoms with Crippen LogP contribution in [0.25, 0.3) is 5.69 Å². The number of hydrogen-bond acceptors (Lipinski definition) is 4. The fourth-order valence-corrected chi connectivity index (χ4v) is 2.09. The second-order valence-corrected chi connectivity index (χ2v) is 4.71. The minimum Gasteiger partial charge on any atom is -0.382 e. The first kappa shape index (κ1) is 18.8. The maximum atomic E-state index is 9.30. The number of guanidine groups is 1. The number of rotatable bonds is 5. The number of nitrogen functional groups attached to an aromatic ring is 1. The van der Waals surface area contributed by atoms with Crippen LogP contribution in [0.5, 0.6) is 0 Å². The summed E-state index contributed by atoms with van der Waals surface area (Å²) in [4.78, 5) is 3.82. The van der Waals surface area contributed by atoms with Crippen molar-refractivity contribution in [1.82, 2.24) is 15.1 Å². The lowest BCUT2D eigenvalue weighted by molar-refractivity contribution is 0.738. The molecule has 0 spiro atoms. The highest BCUT2D eigenvalue weighted by molar-refractivity contribution is 14.0. The number of aromatic nitrogens is 2. The van der Waals surface area contributed by atoms with Crippen LogP contribution >= 0.6 is 24.0 Å². The molecule has 2 aromatic rings. The number of anilines is 1. The summed E-state index contributed by atoms with van der Waals surface area (Å²) < 4.78 is 1.60. The van der Waals surface area contributed by atoms with E-state index in [1.54, 1.807) is 11.7 Å². The summed E-state index contributed by atoms with van der Waals surface area (Å²) in [5, 5.41) is 16.7. The number of nitrogens with one attached hydrogen (secondary N) is 1. The van der Waals surface area contributed by atoms with E-state index in [0.717, 1.165) is 12.1 Å². The van der Waals surface area contributed by atoms with Crippen LogP contribution in [0.15, 0.2) is 35.3 Å². The van der Waals surface area contributed by atoms with Crippen molar-refractivity contribution < 1.29 is 0 Å². The Morgan fingerprint density at radius 3 is 2.70 bits per heavy atom. The molecule has 5 N–H and O–H groups in total. The van der Waals surface area contributed by atoms with E-state index in [4.69, 9.17) is 11.5 Å². The van der Waals surface area contributed by atoms with Gasteiger partial charge in [0.05, 0.1) is 11.4 Å². The molecule has 1 heterocycles. The van der Waals surface area contributed by atoms with Crippen molar-refractivity contribution in [3.05, 3.63) is 41.6 Å². The van der Waals surface area contributed by atoms with Gasteiger partial charge >= 0.3 is 0 Å². The molecule has 122 valence electrons. The van der Waals surface area contributed by atoms with Crippen LogP contribution in [0, 0.1) is 11.3 Å². The van der Waals surface area contributed by atoms with Crippen molar-refractivity contribution in [2.75, 3.05) is 19.3 Å². The molecule has 0 saturated heterocycles. The van der Waals surface area contributed by atoms with Gasteiger partial charge in [0, 0.05) is 13.6 Å². The molecule has 0 atom stereocenters. The Balaban J connectivity index is 0.00000264. The van der Waals surface area contributed by atoms with Gasteiger partial charge in [0.25, 0.3) is 0 Å². The highest BCUT2D eigenvalue weighted by atomic mass is 127. The maximum Gasteiger partial charge on any atom is 0.188 e.